The summed E-state index contributed by atoms with van der Waals surface area (Å²) in [4.78, 5) is 28.0. The molecule has 3 rings (SSSR count). The van der Waals surface area contributed by atoms with Gasteiger partial charge in [0.1, 0.15) is 11.9 Å². The van der Waals surface area contributed by atoms with Crippen molar-refractivity contribution >= 4 is 23.1 Å². The van der Waals surface area contributed by atoms with Crippen molar-refractivity contribution in [1.29, 1.82) is 0 Å². The molecule has 2 N–H and O–H groups in total. The number of aryl methyl sites for hydroxylation is 1. The summed E-state index contributed by atoms with van der Waals surface area (Å²) >= 11 is 0. The minimum atomic E-state index is -0.465. The van der Waals surface area contributed by atoms with Gasteiger partial charge in [-0.05, 0) is 31.9 Å². The molecule has 2 aromatic rings. The SMILES string of the molecule is Cc1nc2ccc(NC(=O)[C@@H]3CCCCC(=O)N3)cn2n1. The number of hydrogen-bond acceptors (Lipinski definition) is 4. The maximum atomic E-state index is 12.2. The molecule has 0 radical (unpaired) electrons. The molecule has 1 aliphatic rings. The molecule has 21 heavy (non-hydrogen) atoms. The summed E-state index contributed by atoms with van der Waals surface area (Å²) in [7, 11) is 0. The van der Waals surface area contributed by atoms with Crippen LogP contribution in [-0.2, 0) is 9.59 Å². The summed E-state index contributed by atoms with van der Waals surface area (Å²) < 4.78 is 1.62. The number of carbonyl (C=O) groups excluding carboxylic acids is 2. The zero-order valence-electron chi connectivity index (χ0n) is 11.8. The molecule has 1 saturated heterocycles. The van der Waals surface area contributed by atoms with E-state index in [4.69, 9.17) is 0 Å². The summed E-state index contributed by atoms with van der Waals surface area (Å²) in [5, 5.41) is 9.78. The molecule has 0 spiro atoms. The minimum absolute atomic E-state index is 0.0602. The first-order valence-corrected chi connectivity index (χ1v) is 7.05. The fourth-order valence-corrected chi connectivity index (χ4v) is 2.47. The van der Waals surface area contributed by atoms with Gasteiger partial charge in [0.25, 0.3) is 0 Å². The first-order valence-electron chi connectivity index (χ1n) is 7.05. The zero-order valence-corrected chi connectivity index (χ0v) is 11.8. The van der Waals surface area contributed by atoms with Crippen LogP contribution >= 0.6 is 0 Å². The number of anilines is 1. The number of rotatable bonds is 2. The Morgan fingerprint density at radius 3 is 3.14 bits per heavy atom. The highest BCUT2D eigenvalue weighted by molar-refractivity contribution is 5.97. The van der Waals surface area contributed by atoms with Gasteiger partial charge in [0.05, 0.1) is 11.9 Å². The summed E-state index contributed by atoms with van der Waals surface area (Å²) in [6.45, 7) is 1.81. The highest BCUT2D eigenvalue weighted by Crippen LogP contribution is 2.13. The van der Waals surface area contributed by atoms with Crippen LogP contribution in [0, 0.1) is 6.92 Å². The molecule has 0 aliphatic carbocycles. The van der Waals surface area contributed by atoms with E-state index in [1.165, 1.54) is 0 Å². The van der Waals surface area contributed by atoms with Crippen LogP contribution in [0.25, 0.3) is 5.65 Å². The van der Waals surface area contributed by atoms with Crippen molar-refractivity contribution in [2.24, 2.45) is 0 Å². The smallest absolute Gasteiger partial charge is 0.246 e. The van der Waals surface area contributed by atoms with Gasteiger partial charge < -0.3 is 10.6 Å². The molecule has 110 valence electrons. The standard InChI is InChI=1S/C14H17N5O2/c1-9-15-12-7-6-10(8-19(12)18-9)16-14(21)11-4-2-3-5-13(20)17-11/h6-8,11H,2-5H2,1H3,(H,16,21)(H,17,20)/t11-/m0/s1. The molecule has 0 bridgehead atoms. The van der Waals surface area contributed by atoms with E-state index in [1.54, 1.807) is 22.8 Å². The lowest BCUT2D eigenvalue weighted by Gasteiger charge is -2.15. The van der Waals surface area contributed by atoms with E-state index in [0.717, 1.165) is 18.5 Å². The first kappa shape index (κ1) is 13.5. The zero-order chi connectivity index (χ0) is 14.8. The summed E-state index contributed by atoms with van der Waals surface area (Å²) in [5.74, 6) is 0.422. The molecule has 0 unspecified atom stereocenters. The molecule has 1 fully saturated rings. The van der Waals surface area contributed by atoms with Gasteiger partial charge >= 0.3 is 0 Å². The van der Waals surface area contributed by atoms with Crippen molar-refractivity contribution in [3.63, 3.8) is 0 Å². The van der Waals surface area contributed by atoms with Gasteiger partial charge in [-0.2, -0.15) is 5.10 Å². The summed E-state index contributed by atoms with van der Waals surface area (Å²) in [6.07, 6.45) is 4.58. The highest BCUT2D eigenvalue weighted by atomic mass is 16.2. The molecule has 3 heterocycles. The van der Waals surface area contributed by atoms with E-state index in [1.807, 2.05) is 6.92 Å². The van der Waals surface area contributed by atoms with E-state index in [2.05, 4.69) is 20.7 Å². The van der Waals surface area contributed by atoms with Crippen molar-refractivity contribution in [2.45, 2.75) is 38.6 Å². The van der Waals surface area contributed by atoms with Crippen molar-refractivity contribution < 1.29 is 9.59 Å². The maximum absolute atomic E-state index is 12.2. The Balaban J connectivity index is 1.74. The van der Waals surface area contributed by atoms with Crippen LogP contribution in [0.1, 0.15) is 31.5 Å². The third-order valence-electron chi connectivity index (χ3n) is 3.50. The van der Waals surface area contributed by atoms with E-state index in [9.17, 15) is 9.59 Å². The van der Waals surface area contributed by atoms with Crippen LogP contribution in [0.2, 0.25) is 0 Å². The second-order valence-corrected chi connectivity index (χ2v) is 5.23. The Hall–Kier alpha value is -2.44. The fraction of sp³-hybridized carbons (Fsp3) is 0.429. The normalized spacial score (nSPS) is 19.1. The number of aromatic nitrogens is 3. The predicted molar refractivity (Wildman–Crippen MR) is 76.8 cm³/mol. The predicted octanol–water partition coefficient (Wildman–Crippen LogP) is 1.04. The molecule has 7 nitrogen and oxygen atoms in total. The lowest BCUT2D eigenvalue weighted by atomic mass is 10.1. The van der Waals surface area contributed by atoms with Crippen molar-refractivity contribution in [3.8, 4) is 0 Å². The van der Waals surface area contributed by atoms with Gasteiger partial charge in [-0.1, -0.05) is 6.42 Å². The third kappa shape index (κ3) is 3.01. The highest BCUT2D eigenvalue weighted by Gasteiger charge is 2.23. The van der Waals surface area contributed by atoms with Crippen molar-refractivity contribution in [1.82, 2.24) is 19.9 Å². The lowest BCUT2D eigenvalue weighted by molar-refractivity contribution is -0.125. The van der Waals surface area contributed by atoms with Gasteiger partial charge in [0.2, 0.25) is 11.8 Å². The number of nitrogens with zero attached hydrogens (tertiary/aromatic N) is 3. The second-order valence-electron chi connectivity index (χ2n) is 5.23. The molecule has 2 aromatic heterocycles. The maximum Gasteiger partial charge on any atom is 0.246 e. The average molecular weight is 287 g/mol. The third-order valence-corrected chi connectivity index (χ3v) is 3.50. The minimum Gasteiger partial charge on any atom is -0.344 e. The molecule has 1 atom stereocenters. The van der Waals surface area contributed by atoms with E-state index in [-0.39, 0.29) is 11.8 Å². The monoisotopic (exact) mass is 287 g/mol. The molecule has 1 aliphatic heterocycles. The van der Waals surface area contributed by atoms with Crippen LogP contribution < -0.4 is 10.6 Å². The first-order chi connectivity index (χ1) is 10.1. The number of fused-ring (bicyclic) bond motifs is 1. The molecular weight excluding hydrogens is 270 g/mol. The van der Waals surface area contributed by atoms with Crippen molar-refractivity contribution in [2.75, 3.05) is 5.32 Å². The largest absolute Gasteiger partial charge is 0.344 e. The van der Waals surface area contributed by atoms with Crippen LogP contribution in [0.5, 0.6) is 0 Å². The average Bonchev–Trinajstić information content (AvgIpc) is 2.66. The Labute approximate surface area is 121 Å². The number of hydrogen-bond donors (Lipinski definition) is 2. The Kier molecular flexibility index (Phi) is 3.55. The lowest BCUT2D eigenvalue weighted by Crippen LogP contribution is -2.42. The van der Waals surface area contributed by atoms with Gasteiger partial charge in [-0.3, -0.25) is 9.59 Å². The van der Waals surface area contributed by atoms with Gasteiger partial charge in [0.15, 0.2) is 5.65 Å². The summed E-state index contributed by atoms with van der Waals surface area (Å²) in [5.41, 5.74) is 1.36. The van der Waals surface area contributed by atoms with Crippen LogP contribution in [0.15, 0.2) is 18.3 Å². The van der Waals surface area contributed by atoms with Gasteiger partial charge in [-0.25, -0.2) is 9.50 Å². The summed E-state index contributed by atoms with van der Waals surface area (Å²) in [6, 6.07) is 3.11. The van der Waals surface area contributed by atoms with Crippen molar-refractivity contribution in [3.05, 3.63) is 24.2 Å². The van der Waals surface area contributed by atoms with Crippen LogP contribution in [-0.4, -0.2) is 32.5 Å². The number of amides is 2. The molecule has 2 amide bonds. The number of pyridine rings is 1. The Morgan fingerprint density at radius 1 is 1.43 bits per heavy atom. The number of carbonyl (C=O) groups is 2. The molecule has 0 aromatic carbocycles. The van der Waals surface area contributed by atoms with Gasteiger partial charge in [-0.15, -0.1) is 0 Å². The quantitative estimate of drug-likeness (QED) is 0.863. The Bertz CT molecular complexity index is 694. The molecule has 0 saturated carbocycles. The topological polar surface area (TPSA) is 88.4 Å². The van der Waals surface area contributed by atoms with E-state index in [0.29, 0.717) is 24.4 Å². The molecular formula is C14H17N5O2. The van der Waals surface area contributed by atoms with Crippen LogP contribution in [0.3, 0.4) is 0 Å². The fourth-order valence-electron chi connectivity index (χ4n) is 2.47. The molecule has 7 heteroatoms. The van der Waals surface area contributed by atoms with E-state index >= 15 is 0 Å². The van der Waals surface area contributed by atoms with Crippen LogP contribution in [0.4, 0.5) is 5.69 Å². The Morgan fingerprint density at radius 2 is 2.29 bits per heavy atom. The second kappa shape index (κ2) is 5.51. The van der Waals surface area contributed by atoms with E-state index < -0.39 is 6.04 Å². The number of nitrogens with one attached hydrogen (secondary N) is 2. The van der Waals surface area contributed by atoms with Gasteiger partial charge in [0, 0.05) is 6.42 Å².